The number of aromatic nitrogens is 1. The zero-order valence-electron chi connectivity index (χ0n) is 19.5. The van der Waals surface area contributed by atoms with Crippen molar-refractivity contribution in [2.75, 3.05) is 24.6 Å². The third-order valence-corrected chi connectivity index (χ3v) is 5.83. The summed E-state index contributed by atoms with van der Waals surface area (Å²) in [6, 6.07) is 18.7. The van der Waals surface area contributed by atoms with Crippen molar-refractivity contribution in [2.24, 2.45) is 0 Å². The second-order valence-corrected chi connectivity index (χ2v) is 8.32. The molecule has 2 heterocycles. The van der Waals surface area contributed by atoms with Gasteiger partial charge in [0, 0.05) is 37.0 Å². The van der Waals surface area contributed by atoms with E-state index >= 15 is 0 Å². The van der Waals surface area contributed by atoms with Crippen LogP contribution in [0, 0.1) is 13.8 Å². The molecule has 170 valence electrons. The average molecular weight is 443 g/mol. The smallest absolute Gasteiger partial charge is 0.330 e. The van der Waals surface area contributed by atoms with Crippen molar-refractivity contribution in [2.45, 2.75) is 33.3 Å². The van der Waals surface area contributed by atoms with Crippen molar-refractivity contribution in [1.29, 1.82) is 0 Å². The highest BCUT2D eigenvalue weighted by Crippen LogP contribution is 2.32. The van der Waals surface area contributed by atoms with Crippen LogP contribution in [0.2, 0.25) is 0 Å². The molecular weight excluding hydrogens is 412 g/mol. The van der Waals surface area contributed by atoms with Crippen molar-refractivity contribution in [3.05, 3.63) is 83.6 Å². The van der Waals surface area contributed by atoms with Gasteiger partial charge in [0.05, 0.1) is 13.2 Å². The zero-order valence-corrected chi connectivity index (χ0v) is 19.5. The van der Waals surface area contributed by atoms with E-state index in [1.165, 1.54) is 17.2 Å². The van der Waals surface area contributed by atoms with Gasteiger partial charge in [0.1, 0.15) is 6.10 Å². The van der Waals surface area contributed by atoms with Gasteiger partial charge in [-0.05, 0) is 66.8 Å². The Morgan fingerprint density at radius 3 is 2.76 bits per heavy atom. The predicted molar refractivity (Wildman–Crippen MR) is 133 cm³/mol. The molecule has 1 aromatic heterocycles. The van der Waals surface area contributed by atoms with Gasteiger partial charge in [0.25, 0.3) is 0 Å². The number of carbonyl (C=O) groups is 1. The van der Waals surface area contributed by atoms with Crippen LogP contribution in [0.25, 0.3) is 17.2 Å². The van der Waals surface area contributed by atoms with Gasteiger partial charge in [0.15, 0.2) is 0 Å². The average Bonchev–Trinajstić information content (AvgIpc) is 3.28. The van der Waals surface area contributed by atoms with Crippen LogP contribution in [0.4, 0.5) is 5.69 Å². The van der Waals surface area contributed by atoms with Crippen molar-refractivity contribution < 1.29 is 14.3 Å². The number of rotatable bonds is 7. The Labute approximate surface area is 195 Å². The van der Waals surface area contributed by atoms with Crippen molar-refractivity contribution >= 4 is 17.7 Å². The van der Waals surface area contributed by atoms with Crippen molar-refractivity contribution in [3.63, 3.8) is 0 Å². The first-order valence-corrected chi connectivity index (χ1v) is 11.4. The number of pyridine rings is 1. The highest BCUT2D eigenvalue weighted by Gasteiger charge is 2.26. The third-order valence-electron chi connectivity index (χ3n) is 5.83. The van der Waals surface area contributed by atoms with Gasteiger partial charge in [-0.1, -0.05) is 36.4 Å². The number of nitrogens with zero attached hydrogens (tertiary/aromatic N) is 2. The number of ether oxygens (including phenoxy) is 2. The first-order chi connectivity index (χ1) is 16.0. The van der Waals surface area contributed by atoms with Crippen LogP contribution in [0.3, 0.4) is 0 Å². The van der Waals surface area contributed by atoms with E-state index in [0.717, 1.165) is 41.9 Å². The Hall–Kier alpha value is -3.60. The number of hydrogen-bond acceptors (Lipinski definition) is 5. The van der Waals surface area contributed by atoms with Gasteiger partial charge in [0.2, 0.25) is 5.88 Å². The molecule has 0 N–H and O–H groups in total. The molecule has 0 amide bonds. The Kier molecular flexibility index (Phi) is 7.08. The molecule has 1 aliphatic heterocycles. The lowest BCUT2D eigenvalue weighted by Gasteiger charge is -2.22. The van der Waals surface area contributed by atoms with Crippen LogP contribution in [0.1, 0.15) is 30.0 Å². The lowest BCUT2D eigenvalue weighted by molar-refractivity contribution is -0.137. The Bertz CT molecular complexity index is 1140. The van der Waals surface area contributed by atoms with Crippen LogP contribution < -0.4 is 9.64 Å². The van der Waals surface area contributed by atoms with E-state index in [1.54, 1.807) is 0 Å². The Morgan fingerprint density at radius 2 is 2.00 bits per heavy atom. The largest absolute Gasteiger partial charge is 0.472 e. The van der Waals surface area contributed by atoms with Crippen LogP contribution in [0.15, 0.2) is 66.9 Å². The summed E-state index contributed by atoms with van der Waals surface area (Å²) in [6.07, 6.45) is 6.16. The second kappa shape index (κ2) is 10.3. The summed E-state index contributed by atoms with van der Waals surface area (Å²) in [5.41, 5.74) is 6.70. The molecule has 0 radical (unpaired) electrons. The summed E-state index contributed by atoms with van der Waals surface area (Å²) in [5, 5.41) is 0. The molecule has 0 spiro atoms. The normalized spacial score (nSPS) is 15.7. The van der Waals surface area contributed by atoms with Crippen LogP contribution >= 0.6 is 0 Å². The molecule has 5 nitrogen and oxygen atoms in total. The summed E-state index contributed by atoms with van der Waals surface area (Å²) in [5.74, 6) is 0.322. The van der Waals surface area contributed by atoms with Crippen molar-refractivity contribution in [3.8, 4) is 17.0 Å². The topological polar surface area (TPSA) is 51.7 Å². The number of esters is 1. The molecule has 0 saturated carbocycles. The van der Waals surface area contributed by atoms with E-state index in [1.807, 2.05) is 50.4 Å². The number of aryl methyl sites for hydroxylation is 2. The van der Waals surface area contributed by atoms with E-state index in [9.17, 15) is 4.79 Å². The third kappa shape index (κ3) is 5.61. The van der Waals surface area contributed by atoms with E-state index in [0.29, 0.717) is 12.5 Å². The lowest BCUT2D eigenvalue weighted by atomic mass is 9.97. The van der Waals surface area contributed by atoms with E-state index in [2.05, 4.69) is 47.1 Å². The fraction of sp³-hybridized carbons (Fsp3) is 0.286. The molecule has 1 fully saturated rings. The van der Waals surface area contributed by atoms with Crippen molar-refractivity contribution in [1.82, 2.24) is 4.98 Å². The maximum atomic E-state index is 12.0. The van der Waals surface area contributed by atoms with Gasteiger partial charge < -0.3 is 14.4 Å². The molecule has 5 heteroatoms. The molecule has 4 rings (SSSR count). The molecule has 1 saturated heterocycles. The first kappa shape index (κ1) is 22.6. The highest BCUT2D eigenvalue weighted by molar-refractivity contribution is 5.89. The molecule has 0 unspecified atom stereocenters. The summed E-state index contributed by atoms with van der Waals surface area (Å²) in [4.78, 5) is 18.7. The number of carbonyl (C=O) groups excluding carboxylic acids is 1. The van der Waals surface area contributed by atoms with Gasteiger partial charge in [-0.25, -0.2) is 9.78 Å². The molecule has 0 aliphatic carbocycles. The first-order valence-electron chi connectivity index (χ1n) is 11.4. The maximum Gasteiger partial charge on any atom is 0.330 e. The highest BCUT2D eigenvalue weighted by atomic mass is 16.5. The minimum Gasteiger partial charge on any atom is -0.472 e. The summed E-state index contributed by atoms with van der Waals surface area (Å²) >= 11 is 0. The fourth-order valence-corrected chi connectivity index (χ4v) is 4.13. The van der Waals surface area contributed by atoms with Gasteiger partial charge in [-0.15, -0.1) is 0 Å². The molecule has 2 aromatic carbocycles. The summed E-state index contributed by atoms with van der Waals surface area (Å²) in [7, 11) is 0. The SMILES string of the molecule is CCOC(=O)/C=C/c1cc(-c2ccccc2C)ccc1N1CC[C@H](Oc2ccc(C)cn2)C1. The molecule has 1 aliphatic rings. The van der Waals surface area contributed by atoms with Gasteiger partial charge in [-0.3, -0.25) is 0 Å². The fourth-order valence-electron chi connectivity index (χ4n) is 4.13. The maximum absolute atomic E-state index is 12.0. The van der Waals surface area contributed by atoms with Gasteiger partial charge in [-0.2, -0.15) is 0 Å². The van der Waals surface area contributed by atoms with Crippen LogP contribution in [-0.2, 0) is 9.53 Å². The van der Waals surface area contributed by atoms with Crippen LogP contribution in [-0.4, -0.2) is 36.8 Å². The number of hydrogen-bond donors (Lipinski definition) is 0. The lowest BCUT2D eigenvalue weighted by Crippen LogP contribution is -2.25. The zero-order chi connectivity index (χ0) is 23.2. The monoisotopic (exact) mass is 442 g/mol. The molecule has 3 aromatic rings. The minimum absolute atomic E-state index is 0.0677. The van der Waals surface area contributed by atoms with E-state index in [-0.39, 0.29) is 12.1 Å². The van der Waals surface area contributed by atoms with Gasteiger partial charge >= 0.3 is 5.97 Å². The Morgan fingerprint density at radius 1 is 1.15 bits per heavy atom. The molecular formula is C28H30N2O3. The number of anilines is 1. The molecule has 0 bridgehead atoms. The summed E-state index contributed by atoms with van der Waals surface area (Å²) in [6.45, 7) is 7.93. The predicted octanol–water partition coefficient (Wildman–Crippen LogP) is 5.60. The number of benzene rings is 2. The standard InChI is InChI=1S/C28H30N2O3/c1-4-32-28(31)14-11-23-17-22(25-8-6-5-7-21(25)3)10-12-26(23)30-16-15-24(19-30)33-27-13-9-20(2)18-29-27/h5-14,17-18,24H,4,15-16,19H2,1-3H3/b14-11+/t24-/m0/s1. The Balaban J connectivity index is 1.59. The quantitative estimate of drug-likeness (QED) is 0.352. The molecule has 33 heavy (non-hydrogen) atoms. The molecule has 1 atom stereocenters. The van der Waals surface area contributed by atoms with E-state index < -0.39 is 0 Å². The van der Waals surface area contributed by atoms with Crippen LogP contribution in [0.5, 0.6) is 5.88 Å². The summed E-state index contributed by atoms with van der Waals surface area (Å²) < 4.78 is 11.2. The second-order valence-electron chi connectivity index (χ2n) is 8.32. The minimum atomic E-state index is -0.335. The van der Waals surface area contributed by atoms with E-state index in [4.69, 9.17) is 9.47 Å².